The van der Waals surface area contributed by atoms with Gasteiger partial charge in [0, 0.05) is 46.3 Å². The first-order chi connectivity index (χ1) is 20.0. The van der Waals surface area contributed by atoms with Crippen LogP contribution < -0.4 is 10.3 Å². The van der Waals surface area contributed by atoms with Gasteiger partial charge in [-0.3, -0.25) is 14.3 Å². The molecule has 3 heterocycles. The first-order valence-corrected chi connectivity index (χ1v) is 15.7. The highest BCUT2D eigenvalue weighted by Crippen LogP contribution is 2.32. The molecule has 1 aliphatic heterocycles. The molecule has 1 aromatic carbocycles. The van der Waals surface area contributed by atoms with E-state index in [1.807, 2.05) is 32.8 Å². The number of nitrogens with zero attached hydrogens (tertiary/aromatic N) is 6. The van der Waals surface area contributed by atoms with Gasteiger partial charge < -0.3 is 24.3 Å². The number of carbonyl (C=O) groups excluding carboxylic acids is 1. The topological polar surface area (TPSA) is 143 Å². The number of piperazine rings is 1. The summed E-state index contributed by atoms with van der Waals surface area (Å²) < 4.78 is 41.4. The molecule has 0 bridgehead atoms. The summed E-state index contributed by atoms with van der Waals surface area (Å²) in [6.45, 7) is 7.31. The smallest absolute Gasteiger partial charge is 0.307 e. The molecule has 2 aromatic heterocycles. The molecular formula is C28H41N7O6S. The van der Waals surface area contributed by atoms with Crippen molar-refractivity contribution < 1.29 is 22.7 Å². The molecule has 0 atom stereocenters. The highest BCUT2D eigenvalue weighted by Gasteiger charge is 2.30. The summed E-state index contributed by atoms with van der Waals surface area (Å²) in [6.07, 6.45) is 1.75. The van der Waals surface area contributed by atoms with Crippen LogP contribution in [0.2, 0.25) is 0 Å². The molecule has 0 aliphatic carbocycles. The fourth-order valence-electron chi connectivity index (χ4n) is 4.92. The standard InChI is InChI=1S/C28H41N7O6S/c1-6-8-22-25-26(33(5)31-22)28(37)30-27(29-25)21-19-20(9-10-23(21)40-7-2)42(38,39)35-15-13-34(14-16-35)12-11-24(36)41-18-17-32(3)4/h9-10,19H,6-8,11-18H2,1-5H3,(H,29,30,37). The van der Waals surface area contributed by atoms with Crippen LogP contribution in [0.5, 0.6) is 5.75 Å². The number of sulfonamides is 1. The predicted molar refractivity (Wildman–Crippen MR) is 159 cm³/mol. The summed E-state index contributed by atoms with van der Waals surface area (Å²) in [5.74, 6) is 0.384. The van der Waals surface area contributed by atoms with Crippen LogP contribution in [0, 0.1) is 0 Å². The number of benzene rings is 1. The van der Waals surface area contributed by atoms with E-state index in [0.29, 0.717) is 73.9 Å². The van der Waals surface area contributed by atoms with Gasteiger partial charge in [-0.1, -0.05) is 13.3 Å². The number of nitrogens with one attached hydrogen (secondary N) is 1. The quantitative estimate of drug-likeness (QED) is 0.285. The number of esters is 1. The Hall–Kier alpha value is -3.33. The Morgan fingerprint density at radius 3 is 2.55 bits per heavy atom. The number of aryl methyl sites for hydroxylation is 2. The van der Waals surface area contributed by atoms with E-state index in [2.05, 4.69) is 15.0 Å². The molecule has 230 valence electrons. The average molecular weight is 604 g/mol. The van der Waals surface area contributed by atoms with E-state index in [1.165, 1.54) is 21.1 Å². The Bertz CT molecular complexity index is 1560. The molecule has 0 amide bonds. The van der Waals surface area contributed by atoms with Crippen molar-refractivity contribution >= 4 is 27.0 Å². The fraction of sp³-hybridized carbons (Fsp3) is 0.571. The molecule has 3 aromatic rings. The largest absolute Gasteiger partial charge is 0.493 e. The maximum atomic E-state index is 13.7. The fourth-order valence-corrected chi connectivity index (χ4v) is 6.37. The Morgan fingerprint density at radius 2 is 1.88 bits per heavy atom. The van der Waals surface area contributed by atoms with Crippen molar-refractivity contribution in [2.75, 3.05) is 66.6 Å². The monoisotopic (exact) mass is 603 g/mol. The van der Waals surface area contributed by atoms with Crippen LogP contribution in [0.1, 0.15) is 32.4 Å². The number of hydrogen-bond acceptors (Lipinski definition) is 10. The van der Waals surface area contributed by atoms with Crippen molar-refractivity contribution in [3.8, 4) is 17.1 Å². The molecule has 1 N–H and O–H groups in total. The van der Waals surface area contributed by atoms with Gasteiger partial charge in [-0.25, -0.2) is 13.4 Å². The summed E-state index contributed by atoms with van der Waals surface area (Å²) in [7, 11) is 1.69. The number of aromatic amines is 1. The van der Waals surface area contributed by atoms with Crippen LogP contribution >= 0.6 is 0 Å². The minimum Gasteiger partial charge on any atom is -0.493 e. The van der Waals surface area contributed by atoms with Crippen molar-refractivity contribution in [3.05, 3.63) is 34.2 Å². The van der Waals surface area contributed by atoms with Gasteiger partial charge in [0.25, 0.3) is 5.56 Å². The van der Waals surface area contributed by atoms with Gasteiger partial charge in [-0.05, 0) is 45.6 Å². The molecule has 1 saturated heterocycles. The second-order valence-corrected chi connectivity index (χ2v) is 12.5. The van der Waals surface area contributed by atoms with Crippen molar-refractivity contribution in [2.45, 2.75) is 38.0 Å². The van der Waals surface area contributed by atoms with Gasteiger partial charge in [0.15, 0.2) is 5.52 Å². The zero-order chi connectivity index (χ0) is 30.4. The van der Waals surface area contributed by atoms with Crippen LogP contribution in [0.3, 0.4) is 0 Å². The molecule has 0 saturated carbocycles. The van der Waals surface area contributed by atoms with Crippen LogP contribution in [0.25, 0.3) is 22.4 Å². The summed E-state index contributed by atoms with van der Waals surface area (Å²) in [5.41, 5.74) is 1.59. The summed E-state index contributed by atoms with van der Waals surface area (Å²) in [4.78, 5) is 36.7. The molecule has 0 unspecified atom stereocenters. The van der Waals surface area contributed by atoms with E-state index in [4.69, 9.17) is 14.5 Å². The molecule has 0 radical (unpaired) electrons. The Labute approximate surface area is 246 Å². The van der Waals surface area contributed by atoms with Crippen LogP contribution in [0.4, 0.5) is 0 Å². The van der Waals surface area contributed by atoms with Gasteiger partial charge in [-0.15, -0.1) is 0 Å². The van der Waals surface area contributed by atoms with Crippen molar-refractivity contribution in [2.24, 2.45) is 7.05 Å². The van der Waals surface area contributed by atoms with E-state index >= 15 is 0 Å². The third-order valence-electron chi connectivity index (χ3n) is 7.16. The Kier molecular flexibility index (Phi) is 10.4. The lowest BCUT2D eigenvalue weighted by molar-refractivity contribution is -0.144. The minimum absolute atomic E-state index is 0.0848. The van der Waals surface area contributed by atoms with Crippen molar-refractivity contribution in [3.63, 3.8) is 0 Å². The molecule has 1 fully saturated rings. The minimum atomic E-state index is -3.85. The zero-order valence-electron chi connectivity index (χ0n) is 25.1. The molecular weight excluding hydrogens is 562 g/mol. The summed E-state index contributed by atoms with van der Waals surface area (Å²) >= 11 is 0. The zero-order valence-corrected chi connectivity index (χ0v) is 25.9. The SMILES string of the molecule is CCCc1nn(C)c2c(=O)[nH]c(-c3cc(S(=O)(=O)N4CCN(CCC(=O)OCCN(C)C)CC4)ccc3OCC)nc12. The normalized spacial score (nSPS) is 15.0. The van der Waals surface area contributed by atoms with Gasteiger partial charge in [0.05, 0.1) is 29.2 Å². The molecule has 42 heavy (non-hydrogen) atoms. The maximum Gasteiger partial charge on any atom is 0.307 e. The number of fused-ring (bicyclic) bond motifs is 1. The van der Waals surface area contributed by atoms with E-state index < -0.39 is 10.0 Å². The van der Waals surface area contributed by atoms with E-state index in [1.54, 1.807) is 13.1 Å². The number of aromatic nitrogens is 4. The van der Waals surface area contributed by atoms with Crippen LogP contribution in [0.15, 0.2) is 27.9 Å². The maximum absolute atomic E-state index is 13.7. The van der Waals surface area contributed by atoms with Gasteiger partial charge in [-0.2, -0.15) is 9.40 Å². The van der Waals surface area contributed by atoms with Gasteiger partial charge in [0.2, 0.25) is 10.0 Å². The summed E-state index contributed by atoms with van der Waals surface area (Å²) in [6, 6.07) is 4.63. The Morgan fingerprint density at radius 1 is 1.14 bits per heavy atom. The lowest BCUT2D eigenvalue weighted by Gasteiger charge is -2.33. The average Bonchev–Trinajstić information content (AvgIpc) is 3.27. The molecule has 14 heteroatoms. The molecule has 13 nitrogen and oxygen atoms in total. The predicted octanol–water partition coefficient (Wildman–Crippen LogP) is 1.48. The van der Waals surface area contributed by atoms with E-state index in [9.17, 15) is 18.0 Å². The number of carbonyl (C=O) groups is 1. The molecule has 4 rings (SSSR count). The highest BCUT2D eigenvalue weighted by atomic mass is 32.2. The Balaban J connectivity index is 1.53. The van der Waals surface area contributed by atoms with E-state index in [-0.39, 0.29) is 41.8 Å². The molecule has 0 spiro atoms. The number of likely N-dealkylation sites (N-methyl/N-ethyl adjacent to an activating group) is 1. The second-order valence-electron chi connectivity index (χ2n) is 10.5. The highest BCUT2D eigenvalue weighted by molar-refractivity contribution is 7.89. The first kappa shape index (κ1) is 31.6. The second kappa shape index (κ2) is 13.8. The number of hydrogen-bond donors (Lipinski definition) is 1. The number of ether oxygens (including phenoxy) is 2. The number of rotatable bonds is 13. The lowest BCUT2D eigenvalue weighted by Crippen LogP contribution is -2.49. The molecule has 1 aliphatic rings. The third kappa shape index (κ3) is 7.17. The van der Waals surface area contributed by atoms with Crippen LogP contribution in [-0.4, -0.2) is 115 Å². The van der Waals surface area contributed by atoms with Crippen LogP contribution in [-0.2, 0) is 33.0 Å². The van der Waals surface area contributed by atoms with Gasteiger partial charge >= 0.3 is 5.97 Å². The van der Waals surface area contributed by atoms with E-state index in [0.717, 1.165) is 6.42 Å². The van der Waals surface area contributed by atoms with Gasteiger partial charge in [0.1, 0.15) is 23.7 Å². The van der Waals surface area contributed by atoms with Crippen molar-refractivity contribution in [1.82, 2.24) is 33.9 Å². The van der Waals surface area contributed by atoms with Crippen molar-refractivity contribution in [1.29, 1.82) is 0 Å². The lowest BCUT2D eigenvalue weighted by atomic mass is 10.1. The third-order valence-corrected chi connectivity index (χ3v) is 9.05. The summed E-state index contributed by atoms with van der Waals surface area (Å²) in [5, 5.41) is 4.47. The first-order valence-electron chi connectivity index (χ1n) is 14.3. The number of H-pyrrole nitrogens is 1.